The average molecular weight is 233 g/mol. The lowest BCUT2D eigenvalue weighted by Crippen LogP contribution is -1.99. The standard InChI is InChI=1S/C11H17ClOS/c1-3-10-4-5-11(13-10)8-14-7-9(2)6-12/h4-5,9H,3,6-8H2,1-2H3. The van der Waals surface area contributed by atoms with Crippen molar-refractivity contribution >= 4 is 23.4 Å². The van der Waals surface area contributed by atoms with Gasteiger partial charge >= 0.3 is 0 Å². The zero-order valence-corrected chi connectivity index (χ0v) is 10.3. The number of rotatable bonds is 6. The van der Waals surface area contributed by atoms with Gasteiger partial charge in [-0.3, -0.25) is 0 Å². The fourth-order valence-electron chi connectivity index (χ4n) is 1.10. The third-order valence-electron chi connectivity index (χ3n) is 1.98. The first-order valence-corrected chi connectivity index (χ1v) is 6.66. The summed E-state index contributed by atoms with van der Waals surface area (Å²) in [6.45, 7) is 4.27. The molecule has 0 saturated carbocycles. The van der Waals surface area contributed by atoms with Gasteiger partial charge in [0.15, 0.2) is 0 Å². The summed E-state index contributed by atoms with van der Waals surface area (Å²) in [4.78, 5) is 0. The molecule has 0 fully saturated rings. The highest BCUT2D eigenvalue weighted by atomic mass is 35.5. The number of alkyl halides is 1. The van der Waals surface area contributed by atoms with E-state index in [-0.39, 0.29) is 0 Å². The molecule has 0 bridgehead atoms. The van der Waals surface area contributed by atoms with Crippen LogP contribution in [0.2, 0.25) is 0 Å². The SMILES string of the molecule is CCc1ccc(CSCC(C)CCl)o1. The Morgan fingerprint density at radius 2 is 2.14 bits per heavy atom. The van der Waals surface area contributed by atoms with E-state index in [9.17, 15) is 0 Å². The van der Waals surface area contributed by atoms with Gasteiger partial charge in [0, 0.05) is 12.3 Å². The first kappa shape index (κ1) is 12.0. The second kappa shape index (κ2) is 6.41. The molecule has 1 nitrogen and oxygen atoms in total. The topological polar surface area (TPSA) is 13.1 Å². The van der Waals surface area contributed by atoms with E-state index in [0.29, 0.717) is 5.92 Å². The molecule has 14 heavy (non-hydrogen) atoms. The van der Waals surface area contributed by atoms with Gasteiger partial charge in [-0.25, -0.2) is 0 Å². The van der Waals surface area contributed by atoms with Crippen LogP contribution >= 0.6 is 23.4 Å². The van der Waals surface area contributed by atoms with Gasteiger partial charge in [-0.1, -0.05) is 13.8 Å². The van der Waals surface area contributed by atoms with E-state index in [2.05, 4.69) is 26.0 Å². The first-order valence-electron chi connectivity index (χ1n) is 4.97. The largest absolute Gasteiger partial charge is 0.465 e. The lowest BCUT2D eigenvalue weighted by atomic mass is 10.3. The van der Waals surface area contributed by atoms with Gasteiger partial charge < -0.3 is 4.42 Å². The van der Waals surface area contributed by atoms with Crippen molar-refractivity contribution in [3.05, 3.63) is 23.7 Å². The van der Waals surface area contributed by atoms with Gasteiger partial charge in [0.25, 0.3) is 0 Å². The van der Waals surface area contributed by atoms with E-state index in [4.69, 9.17) is 16.0 Å². The van der Waals surface area contributed by atoms with Crippen molar-refractivity contribution < 1.29 is 4.42 Å². The molecule has 1 rings (SSSR count). The van der Waals surface area contributed by atoms with E-state index >= 15 is 0 Å². The van der Waals surface area contributed by atoms with Crippen LogP contribution in [-0.4, -0.2) is 11.6 Å². The summed E-state index contributed by atoms with van der Waals surface area (Å²) in [6.07, 6.45) is 0.975. The summed E-state index contributed by atoms with van der Waals surface area (Å²) in [6, 6.07) is 4.12. The Kier molecular flexibility index (Phi) is 5.49. The lowest BCUT2D eigenvalue weighted by molar-refractivity contribution is 0.485. The molecular weight excluding hydrogens is 216 g/mol. The molecule has 3 heteroatoms. The molecule has 0 saturated heterocycles. The van der Waals surface area contributed by atoms with Crippen LogP contribution in [0.1, 0.15) is 25.4 Å². The van der Waals surface area contributed by atoms with Gasteiger partial charge in [-0.15, -0.1) is 11.6 Å². The summed E-state index contributed by atoms with van der Waals surface area (Å²) in [7, 11) is 0. The Hall–Kier alpha value is -0.0800. The predicted octanol–water partition coefficient (Wildman–Crippen LogP) is 3.95. The summed E-state index contributed by atoms with van der Waals surface area (Å²) in [5.41, 5.74) is 0. The molecule has 1 heterocycles. The molecule has 0 radical (unpaired) electrons. The zero-order valence-electron chi connectivity index (χ0n) is 8.75. The minimum absolute atomic E-state index is 0.585. The number of hydrogen-bond acceptors (Lipinski definition) is 2. The van der Waals surface area contributed by atoms with Crippen LogP contribution < -0.4 is 0 Å². The van der Waals surface area contributed by atoms with Crippen LogP contribution in [0.5, 0.6) is 0 Å². The normalized spacial score (nSPS) is 13.1. The average Bonchev–Trinajstić information content (AvgIpc) is 2.65. The molecule has 0 spiro atoms. The molecule has 80 valence electrons. The van der Waals surface area contributed by atoms with Crippen LogP contribution in [0.4, 0.5) is 0 Å². The van der Waals surface area contributed by atoms with Gasteiger partial charge in [-0.2, -0.15) is 11.8 Å². The first-order chi connectivity index (χ1) is 6.76. The summed E-state index contributed by atoms with van der Waals surface area (Å²) in [5.74, 6) is 5.54. The molecule has 0 aromatic carbocycles. The van der Waals surface area contributed by atoms with Crippen molar-refractivity contribution in [3.63, 3.8) is 0 Å². The fraction of sp³-hybridized carbons (Fsp3) is 0.636. The number of furan rings is 1. The minimum Gasteiger partial charge on any atom is -0.465 e. The van der Waals surface area contributed by atoms with Crippen LogP contribution in [0.25, 0.3) is 0 Å². The van der Waals surface area contributed by atoms with Gasteiger partial charge in [0.1, 0.15) is 11.5 Å². The summed E-state index contributed by atoms with van der Waals surface area (Å²) < 4.78 is 5.59. The fourth-order valence-corrected chi connectivity index (χ4v) is 2.33. The van der Waals surface area contributed by atoms with Crippen molar-refractivity contribution in [3.8, 4) is 0 Å². The Balaban J connectivity index is 2.24. The van der Waals surface area contributed by atoms with Gasteiger partial charge in [-0.05, 0) is 23.8 Å². The molecule has 0 amide bonds. The van der Waals surface area contributed by atoms with Crippen LogP contribution in [-0.2, 0) is 12.2 Å². The van der Waals surface area contributed by atoms with Crippen molar-refractivity contribution in [1.29, 1.82) is 0 Å². The van der Waals surface area contributed by atoms with E-state index in [0.717, 1.165) is 35.3 Å². The van der Waals surface area contributed by atoms with Gasteiger partial charge in [0.05, 0.1) is 5.75 Å². The summed E-state index contributed by atoms with van der Waals surface area (Å²) in [5, 5.41) is 0. The maximum absolute atomic E-state index is 5.72. The number of thioether (sulfide) groups is 1. The van der Waals surface area contributed by atoms with Gasteiger partial charge in [0.2, 0.25) is 0 Å². The molecule has 0 N–H and O–H groups in total. The second-order valence-electron chi connectivity index (χ2n) is 3.50. The van der Waals surface area contributed by atoms with Crippen LogP contribution in [0.3, 0.4) is 0 Å². The van der Waals surface area contributed by atoms with Crippen molar-refractivity contribution in [2.45, 2.75) is 26.0 Å². The highest BCUT2D eigenvalue weighted by molar-refractivity contribution is 7.98. The number of hydrogen-bond donors (Lipinski definition) is 0. The number of aryl methyl sites for hydroxylation is 1. The lowest BCUT2D eigenvalue weighted by Gasteiger charge is -2.04. The van der Waals surface area contributed by atoms with Crippen molar-refractivity contribution in [2.75, 3.05) is 11.6 Å². The van der Waals surface area contributed by atoms with Crippen LogP contribution in [0, 0.1) is 5.92 Å². The van der Waals surface area contributed by atoms with E-state index in [1.807, 2.05) is 11.8 Å². The molecule has 1 aromatic heterocycles. The second-order valence-corrected chi connectivity index (χ2v) is 4.84. The smallest absolute Gasteiger partial charge is 0.114 e. The third kappa shape index (κ3) is 3.97. The Morgan fingerprint density at radius 3 is 2.71 bits per heavy atom. The number of halogens is 1. The monoisotopic (exact) mass is 232 g/mol. The van der Waals surface area contributed by atoms with E-state index in [1.54, 1.807) is 0 Å². The molecule has 0 aliphatic rings. The van der Waals surface area contributed by atoms with Crippen molar-refractivity contribution in [2.24, 2.45) is 5.92 Å². The maximum Gasteiger partial charge on any atom is 0.114 e. The molecule has 1 unspecified atom stereocenters. The highest BCUT2D eigenvalue weighted by Crippen LogP contribution is 2.18. The Bertz CT molecular complexity index is 260. The van der Waals surface area contributed by atoms with E-state index < -0.39 is 0 Å². The van der Waals surface area contributed by atoms with Crippen molar-refractivity contribution in [1.82, 2.24) is 0 Å². The quantitative estimate of drug-likeness (QED) is 0.689. The van der Waals surface area contributed by atoms with Crippen LogP contribution in [0.15, 0.2) is 16.5 Å². The Labute approximate surface area is 95.2 Å². The minimum atomic E-state index is 0.585. The molecule has 0 aliphatic carbocycles. The molecule has 0 aliphatic heterocycles. The molecule has 1 atom stereocenters. The third-order valence-corrected chi connectivity index (χ3v) is 3.80. The molecular formula is C11H17ClOS. The maximum atomic E-state index is 5.72. The Morgan fingerprint density at radius 1 is 1.43 bits per heavy atom. The zero-order chi connectivity index (χ0) is 10.4. The van der Waals surface area contributed by atoms with E-state index in [1.165, 1.54) is 0 Å². The highest BCUT2D eigenvalue weighted by Gasteiger charge is 2.03. The molecule has 1 aromatic rings. The predicted molar refractivity (Wildman–Crippen MR) is 64.1 cm³/mol. The summed E-state index contributed by atoms with van der Waals surface area (Å²) >= 11 is 7.61.